The summed E-state index contributed by atoms with van der Waals surface area (Å²) in [6.07, 6.45) is 3.75. The van der Waals surface area contributed by atoms with E-state index in [4.69, 9.17) is 9.15 Å². The molecule has 2 aromatic heterocycles. The third-order valence-electron chi connectivity index (χ3n) is 4.43. The number of methoxy groups -OCH3 is 1. The molecule has 4 rings (SSSR count). The standard InChI is InChI=1S/C18H21N5O2/c1-12-21-17-8-5-14(11-23(17)22-12)19-10-18-20-9-16(25-18)13-3-6-15(24-2)7-4-13/h3-4,6-7,9,14,19H,5,8,10-11H2,1-2H3/t14-/m0/s1. The Hall–Kier alpha value is -2.67. The van der Waals surface area contributed by atoms with Crippen LogP contribution in [0.3, 0.4) is 0 Å². The molecule has 0 radical (unpaired) electrons. The number of ether oxygens (including phenoxy) is 1. The first-order valence-corrected chi connectivity index (χ1v) is 8.44. The highest BCUT2D eigenvalue weighted by atomic mass is 16.5. The van der Waals surface area contributed by atoms with Crippen molar-refractivity contribution in [2.45, 2.75) is 38.9 Å². The zero-order valence-corrected chi connectivity index (χ0v) is 14.4. The summed E-state index contributed by atoms with van der Waals surface area (Å²) >= 11 is 0. The number of rotatable bonds is 5. The van der Waals surface area contributed by atoms with Crippen LogP contribution in [0.15, 0.2) is 34.9 Å². The van der Waals surface area contributed by atoms with Gasteiger partial charge in [0.05, 0.1) is 26.4 Å². The quantitative estimate of drug-likeness (QED) is 0.769. The molecule has 7 nitrogen and oxygen atoms in total. The summed E-state index contributed by atoms with van der Waals surface area (Å²) in [5.74, 6) is 4.19. The first-order valence-electron chi connectivity index (χ1n) is 8.44. The van der Waals surface area contributed by atoms with Crippen LogP contribution < -0.4 is 10.1 Å². The maximum absolute atomic E-state index is 5.86. The van der Waals surface area contributed by atoms with Crippen LogP contribution in [0, 0.1) is 6.92 Å². The van der Waals surface area contributed by atoms with Crippen molar-refractivity contribution in [3.05, 3.63) is 48.0 Å². The van der Waals surface area contributed by atoms with E-state index in [0.717, 1.165) is 48.1 Å². The summed E-state index contributed by atoms with van der Waals surface area (Å²) < 4.78 is 13.0. The predicted molar refractivity (Wildman–Crippen MR) is 92.2 cm³/mol. The van der Waals surface area contributed by atoms with E-state index in [1.807, 2.05) is 35.9 Å². The lowest BCUT2D eigenvalue weighted by molar-refractivity contribution is 0.342. The highest BCUT2D eigenvalue weighted by molar-refractivity contribution is 5.57. The summed E-state index contributed by atoms with van der Waals surface area (Å²) in [5, 5.41) is 7.94. The fourth-order valence-corrected chi connectivity index (χ4v) is 3.11. The Morgan fingerprint density at radius 1 is 1.32 bits per heavy atom. The van der Waals surface area contributed by atoms with E-state index in [0.29, 0.717) is 18.5 Å². The summed E-state index contributed by atoms with van der Waals surface area (Å²) in [6.45, 7) is 3.37. The molecule has 25 heavy (non-hydrogen) atoms. The normalized spacial score (nSPS) is 16.6. The van der Waals surface area contributed by atoms with Gasteiger partial charge in [-0.2, -0.15) is 5.10 Å². The van der Waals surface area contributed by atoms with Crippen LogP contribution in [0.1, 0.15) is 24.0 Å². The Balaban J connectivity index is 1.37. The molecular weight excluding hydrogens is 318 g/mol. The lowest BCUT2D eigenvalue weighted by atomic mass is 10.1. The number of fused-ring (bicyclic) bond motifs is 1. The third kappa shape index (κ3) is 3.41. The number of oxazole rings is 1. The molecule has 3 aromatic rings. The van der Waals surface area contributed by atoms with Crippen molar-refractivity contribution in [1.29, 1.82) is 0 Å². The van der Waals surface area contributed by atoms with Crippen molar-refractivity contribution in [1.82, 2.24) is 25.1 Å². The van der Waals surface area contributed by atoms with Crippen molar-refractivity contribution in [2.24, 2.45) is 0 Å². The molecule has 1 N–H and O–H groups in total. The van der Waals surface area contributed by atoms with Gasteiger partial charge in [-0.15, -0.1) is 0 Å². The molecule has 0 aliphatic carbocycles. The highest BCUT2D eigenvalue weighted by Crippen LogP contribution is 2.23. The third-order valence-corrected chi connectivity index (χ3v) is 4.43. The Kier molecular flexibility index (Phi) is 4.23. The average molecular weight is 339 g/mol. The van der Waals surface area contributed by atoms with E-state index >= 15 is 0 Å². The van der Waals surface area contributed by atoms with Crippen molar-refractivity contribution >= 4 is 0 Å². The average Bonchev–Trinajstić information content (AvgIpc) is 3.25. The Morgan fingerprint density at radius 3 is 2.96 bits per heavy atom. The van der Waals surface area contributed by atoms with Crippen LogP contribution in [0.5, 0.6) is 5.75 Å². The number of nitrogens with one attached hydrogen (secondary N) is 1. The molecule has 7 heteroatoms. The molecule has 0 bridgehead atoms. The molecule has 0 fully saturated rings. The molecule has 0 amide bonds. The number of nitrogens with zero attached hydrogens (tertiary/aromatic N) is 4. The predicted octanol–water partition coefficient (Wildman–Crippen LogP) is 2.35. The molecule has 3 heterocycles. The fraction of sp³-hybridized carbons (Fsp3) is 0.389. The van der Waals surface area contributed by atoms with E-state index < -0.39 is 0 Å². The molecule has 0 unspecified atom stereocenters. The number of aryl methyl sites for hydroxylation is 2. The minimum atomic E-state index is 0.352. The Morgan fingerprint density at radius 2 is 2.16 bits per heavy atom. The van der Waals surface area contributed by atoms with E-state index in [1.54, 1.807) is 13.3 Å². The molecule has 1 aliphatic rings. The van der Waals surface area contributed by atoms with Crippen LogP contribution in [0.4, 0.5) is 0 Å². The van der Waals surface area contributed by atoms with Crippen molar-refractivity contribution < 1.29 is 9.15 Å². The maximum atomic E-state index is 5.86. The van der Waals surface area contributed by atoms with Crippen LogP contribution >= 0.6 is 0 Å². The fourth-order valence-electron chi connectivity index (χ4n) is 3.11. The monoisotopic (exact) mass is 339 g/mol. The summed E-state index contributed by atoms with van der Waals surface area (Å²) in [4.78, 5) is 8.81. The summed E-state index contributed by atoms with van der Waals surface area (Å²) in [5.41, 5.74) is 0.986. The van der Waals surface area contributed by atoms with Crippen molar-refractivity contribution in [2.75, 3.05) is 7.11 Å². The van der Waals surface area contributed by atoms with Gasteiger partial charge < -0.3 is 14.5 Å². The number of hydrogen-bond donors (Lipinski definition) is 1. The van der Waals surface area contributed by atoms with E-state index in [1.165, 1.54) is 0 Å². The van der Waals surface area contributed by atoms with Crippen LogP contribution in [0.2, 0.25) is 0 Å². The number of aromatic nitrogens is 4. The second kappa shape index (κ2) is 6.68. The van der Waals surface area contributed by atoms with Gasteiger partial charge in [-0.05, 0) is 37.6 Å². The summed E-state index contributed by atoms with van der Waals surface area (Å²) in [6, 6.07) is 8.11. The van der Waals surface area contributed by atoms with Gasteiger partial charge in [0, 0.05) is 18.0 Å². The molecule has 1 atom stereocenters. The Labute approximate surface area is 146 Å². The molecule has 1 aliphatic heterocycles. The number of benzene rings is 1. The van der Waals surface area contributed by atoms with Crippen LogP contribution in [0.25, 0.3) is 11.3 Å². The van der Waals surface area contributed by atoms with Crippen LogP contribution in [-0.2, 0) is 19.5 Å². The van der Waals surface area contributed by atoms with Gasteiger partial charge in [-0.1, -0.05) is 0 Å². The summed E-state index contributed by atoms with van der Waals surface area (Å²) in [7, 11) is 1.65. The highest BCUT2D eigenvalue weighted by Gasteiger charge is 2.21. The zero-order valence-electron chi connectivity index (χ0n) is 14.4. The smallest absolute Gasteiger partial charge is 0.208 e. The second-order valence-corrected chi connectivity index (χ2v) is 6.22. The molecule has 0 spiro atoms. The maximum Gasteiger partial charge on any atom is 0.208 e. The van der Waals surface area contributed by atoms with E-state index in [2.05, 4.69) is 20.4 Å². The lowest BCUT2D eigenvalue weighted by Crippen LogP contribution is -2.37. The van der Waals surface area contributed by atoms with Gasteiger partial charge in [0.25, 0.3) is 0 Å². The van der Waals surface area contributed by atoms with Gasteiger partial charge in [0.15, 0.2) is 5.76 Å². The molecule has 1 aromatic carbocycles. The minimum absolute atomic E-state index is 0.352. The molecule has 0 saturated heterocycles. The number of hydrogen-bond acceptors (Lipinski definition) is 6. The molecule has 0 saturated carbocycles. The minimum Gasteiger partial charge on any atom is -0.497 e. The van der Waals surface area contributed by atoms with Crippen molar-refractivity contribution in [3.8, 4) is 17.1 Å². The topological polar surface area (TPSA) is 78.0 Å². The first-order chi connectivity index (χ1) is 12.2. The van der Waals surface area contributed by atoms with Gasteiger partial charge in [0.2, 0.25) is 5.89 Å². The molecule has 130 valence electrons. The first kappa shape index (κ1) is 15.8. The van der Waals surface area contributed by atoms with Crippen LogP contribution in [-0.4, -0.2) is 32.9 Å². The molecular formula is C18H21N5O2. The van der Waals surface area contributed by atoms with Gasteiger partial charge in [0.1, 0.15) is 17.4 Å². The lowest BCUT2D eigenvalue weighted by Gasteiger charge is -2.22. The van der Waals surface area contributed by atoms with Gasteiger partial charge in [-0.3, -0.25) is 0 Å². The van der Waals surface area contributed by atoms with Gasteiger partial charge in [-0.25, -0.2) is 14.6 Å². The van der Waals surface area contributed by atoms with Gasteiger partial charge >= 0.3 is 0 Å². The SMILES string of the molecule is COc1ccc(-c2cnc(CN[C@H]3CCc4nc(C)nn4C3)o2)cc1. The zero-order chi connectivity index (χ0) is 17.2. The van der Waals surface area contributed by atoms with E-state index in [9.17, 15) is 0 Å². The van der Waals surface area contributed by atoms with E-state index in [-0.39, 0.29) is 0 Å². The largest absolute Gasteiger partial charge is 0.497 e. The Bertz CT molecular complexity index is 853. The van der Waals surface area contributed by atoms with Crippen molar-refractivity contribution in [3.63, 3.8) is 0 Å². The second-order valence-electron chi connectivity index (χ2n) is 6.22.